The number of amides is 2. The van der Waals surface area contributed by atoms with Gasteiger partial charge in [0.05, 0.1) is 73.6 Å². The van der Waals surface area contributed by atoms with Gasteiger partial charge in [-0.3, -0.25) is 19.7 Å². The number of nitrogens with zero attached hydrogens (tertiary/aromatic N) is 9. The van der Waals surface area contributed by atoms with E-state index in [2.05, 4.69) is 25.7 Å². The van der Waals surface area contributed by atoms with Crippen LogP contribution >= 0.6 is 0 Å². The molecule has 0 saturated heterocycles. The fraction of sp³-hybridized carbons (Fsp3) is 0.367. The second-order valence-electron chi connectivity index (χ2n) is 17.1. The number of sulfonamides is 1. The molecule has 0 saturated carbocycles. The number of aryl methyl sites for hydroxylation is 1. The first-order valence-corrected chi connectivity index (χ1v) is 24.9. The molecule has 0 unspecified atom stereocenters. The molecule has 0 radical (unpaired) electrons. The second-order valence-corrected chi connectivity index (χ2v) is 19.1. The number of hydrogen-bond donors (Lipinski definition) is 1. The van der Waals surface area contributed by atoms with E-state index in [-0.39, 0.29) is 75.7 Å². The molecule has 25 heteroatoms. The standard InChI is InChI=1S/C49H52N10O14S/c1-5-49(38-28-41-43-35(26-33-8-6-7-9-39(33)51-43)29-58(41)46(61)37(38)30-72-47(49)62)73-48(63)56(3)17-18-57(4)74(66,67)42-15-12-34(27-40(42)59(64)65)45(60)50-16-19-68-20-21-69-22-23-70-24-25-71-36-13-10-32(11-14-36)44-54-52-31(2)53-55-44/h6-15,26-28H,5,16-25,29-30H2,1-4H3,(H,50,60)/t49-/m0/s1. The number of pyridine rings is 2. The number of nitro groups is 1. The number of nitro benzene ring substituents is 1. The van der Waals surface area contributed by atoms with Crippen molar-refractivity contribution in [2.45, 2.75) is 43.9 Å². The number of para-hydroxylation sites is 1. The maximum absolute atomic E-state index is 13.9. The number of rotatable bonds is 23. The average Bonchev–Trinajstić information content (AvgIpc) is 3.76. The molecule has 0 fully saturated rings. The number of benzene rings is 3. The van der Waals surface area contributed by atoms with Crippen LogP contribution in [0.5, 0.6) is 5.75 Å². The lowest BCUT2D eigenvalue weighted by molar-refractivity contribution is -0.387. The van der Waals surface area contributed by atoms with Gasteiger partial charge in [0.25, 0.3) is 17.2 Å². The van der Waals surface area contributed by atoms with Crippen LogP contribution in [0.3, 0.4) is 0 Å². The first kappa shape index (κ1) is 52.5. The monoisotopic (exact) mass is 1040 g/mol. The zero-order valence-electron chi connectivity index (χ0n) is 40.8. The highest BCUT2D eigenvalue weighted by atomic mass is 32.2. The van der Waals surface area contributed by atoms with Crippen LogP contribution in [0.15, 0.2) is 88.6 Å². The van der Waals surface area contributed by atoms with Crippen LogP contribution in [-0.4, -0.2) is 150 Å². The van der Waals surface area contributed by atoms with Crippen molar-refractivity contribution in [2.24, 2.45) is 0 Å². The molecule has 24 nitrogen and oxygen atoms in total. The summed E-state index contributed by atoms with van der Waals surface area (Å²) in [6.45, 7) is 4.50. The third-order valence-electron chi connectivity index (χ3n) is 12.3. The molecular weight excluding hydrogens is 985 g/mol. The van der Waals surface area contributed by atoms with Crippen molar-refractivity contribution < 1.29 is 56.1 Å². The van der Waals surface area contributed by atoms with Crippen molar-refractivity contribution in [3.63, 3.8) is 0 Å². The SMILES string of the molecule is CC[C@@]1(OC(=O)N(C)CCN(C)S(=O)(=O)c2ccc(C(=O)NCCOCCOCCOCCOc3ccc(-c4nnc(C)nn4)cc3)cc2[N+](=O)[O-])C(=O)OCc2c1cc1n(c2=O)Cc2cc3ccccc3nc2-1. The van der Waals surface area contributed by atoms with Crippen molar-refractivity contribution in [1.29, 1.82) is 0 Å². The van der Waals surface area contributed by atoms with Gasteiger partial charge in [-0.25, -0.2) is 23.0 Å². The minimum absolute atomic E-state index is 0.0444. The Labute approximate surface area is 423 Å². The molecule has 388 valence electrons. The average molecular weight is 1040 g/mol. The second kappa shape index (κ2) is 22.9. The van der Waals surface area contributed by atoms with E-state index in [9.17, 15) is 37.7 Å². The number of nitrogens with one attached hydrogen (secondary N) is 1. The summed E-state index contributed by atoms with van der Waals surface area (Å²) in [6, 6.07) is 21.3. The zero-order valence-corrected chi connectivity index (χ0v) is 41.7. The van der Waals surface area contributed by atoms with Gasteiger partial charge in [0.1, 0.15) is 19.0 Å². The molecule has 0 bridgehead atoms. The molecule has 0 spiro atoms. The highest BCUT2D eigenvalue weighted by Crippen LogP contribution is 2.41. The molecule has 74 heavy (non-hydrogen) atoms. The van der Waals surface area contributed by atoms with E-state index in [1.807, 2.05) is 42.5 Å². The summed E-state index contributed by atoms with van der Waals surface area (Å²) in [5.74, 6) is -0.0264. The topological polar surface area (TPSA) is 289 Å². The Hall–Kier alpha value is -7.84. The summed E-state index contributed by atoms with van der Waals surface area (Å²) in [7, 11) is -2.08. The molecule has 2 aliphatic rings. The highest BCUT2D eigenvalue weighted by Gasteiger charge is 2.51. The number of cyclic esters (lactones) is 1. The fourth-order valence-electron chi connectivity index (χ4n) is 8.19. The summed E-state index contributed by atoms with van der Waals surface area (Å²) in [5, 5.41) is 31.5. The lowest BCUT2D eigenvalue weighted by Gasteiger charge is -2.36. The largest absolute Gasteiger partial charge is 0.491 e. The Morgan fingerprint density at radius 1 is 0.878 bits per heavy atom. The number of fused-ring (bicyclic) bond motifs is 5. The zero-order chi connectivity index (χ0) is 52.6. The van der Waals surface area contributed by atoms with E-state index in [1.165, 1.54) is 14.1 Å². The summed E-state index contributed by atoms with van der Waals surface area (Å²) in [4.78, 5) is 70.6. The quantitative estimate of drug-likeness (QED) is 0.0412. The Morgan fingerprint density at radius 3 is 2.27 bits per heavy atom. The molecule has 2 aliphatic heterocycles. The van der Waals surface area contributed by atoms with E-state index in [0.717, 1.165) is 43.9 Å². The fourth-order valence-corrected chi connectivity index (χ4v) is 9.49. The minimum atomic E-state index is -4.57. The van der Waals surface area contributed by atoms with Crippen LogP contribution in [0.4, 0.5) is 10.5 Å². The summed E-state index contributed by atoms with van der Waals surface area (Å²) in [5.41, 5.74) is 0.161. The third kappa shape index (κ3) is 11.4. The van der Waals surface area contributed by atoms with Crippen LogP contribution in [0.2, 0.25) is 0 Å². The van der Waals surface area contributed by atoms with E-state index < -0.39 is 54.7 Å². The summed E-state index contributed by atoms with van der Waals surface area (Å²) in [6.07, 6.45) is -1.13. The maximum atomic E-state index is 13.9. The number of aromatic nitrogens is 6. The number of ether oxygens (including phenoxy) is 6. The van der Waals surface area contributed by atoms with Gasteiger partial charge in [0, 0.05) is 67.4 Å². The Balaban J connectivity index is 0.767. The molecule has 0 aliphatic carbocycles. The Kier molecular flexibility index (Phi) is 16.3. The smallest absolute Gasteiger partial charge is 0.411 e. The first-order valence-electron chi connectivity index (χ1n) is 23.4. The van der Waals surface area contributed by atoms with Crippen molar-refractivity contribution >= 4 is 44.6 Å². The van der Waals surface area contributed by atoms with Crippen LogP contribution in [0, 0.1) is 17.0 Å². The minimum Gasteiger partial charge on any atom is -0.491 e. The molecular formula is C49H52N10O14S. The number of esters is 1. The van der Waals surface area contributed by atoms with Crippen molar-refractivity contribution in [2.75, 3.05) is 80.0 Å². The lowest BCUT2D eigenvalue weighted by atomic mass is 9.85. The molecule has 6 aromatic rings. The van der Waals surface area contributed by atoms with Gasteiger partial charge >= 0.3 is 12.1 Å². The van der Waals surface area contributed by atoms with Crippen LogP contribution in [-0.2, 0) is 57.3 Å². The molecule has 5 heterocycles. The van der Waals surface area contributed by atoms with Gasteiger partial charge < -0.3 is 43.2 Å². The summed E-state index contributed by atoms with van der Waals surface area (Å²) >= 11 is 0. The maximum Gasteiger partial charge on any atom is 0.411 e. The highest BCUT2D eigenvalue weighted by molar-refractivity contribution is 7.89. The number of carbonyl (C=O) groups is 3. The van der Waals surface area contributed by atoms with Gasteiger partial charge in [-0.2, -0.15) is 4.31 Å². The lowest BCUT2D eigenvalue weighted by Crippen LogP contribution is -2.49. The van der Waals surface area contributed by atoms with E-state index in [1.54, 1.807) is 36.6 Å². The molecule has 3 aromatic carbocycles. The predicted molar refractivity (Wildman–Crippen MR) is 262 cm³/mol. The molecule has 2 amide bonds. The van der Waals surface area contributed by atoms with Crippen molar-refractivity contribution in [1.82, 2.24) is 44.5 Å². The van der Waals surface area contributed by atoms with Crippen LogP contribution < -0.4 is 15.6 Å². The Bertz CT molecular complexity index is 3250. The van der Waals surface area contributed by atoms with Crippen molar-refractivity contribution in [3.05, 3.63) is 127 Å². The van der Waals surface area contributed by atoms with E-state index in [0.29, 0.717) is 60.7 Å². The molecule has 1 atom stereocenters. The predicted octanol–water partition coefficient (Wildman–Crippen LogP) is 3.80. The van der Waals surface area contributed by atoms with Crippen LogP contribution in [0.25, 0.3) is 33.7 Å². The van der Waals surface area contributed by atoms with Crippen molar-refractivity contribution in [3.8, 4) is 28.5 Å². The van der Waals surface area contributed by atoms with Gasteiger partial charge in [-0.05, 0) is 67.9 Å². The van der Waals surface area contributed by atoms with E-state index >= 15 is 0 Å². The molecule has 1 N–H and O–H groups in total. The number of likely N-dealkylation sites (N-methyl/N-ethyl adjacent to an activating group) is 2. The van der Waals surface area contributed by atoms with Gasteiger partial charge in [-0.15, -0.1) is 20.4 Å². The molecule has 8 rings (SSSR count). The van der Waals surface area contributed by atoms with E-state index in [4.69, 9.17) is 33.4 Å². The van der Waals surface area contributed by atoms with Gasteiger partial charge in [0.2, 0.25) is 21.4 Å². The third-order valence-corrected chi connectivity index (χ3v) is 14.2. The first-order chi connectivity index (χ1) is 35.6. The molecule has 3 aromatic heterocycles. The normalized spacial score (nSPS) is 14.7. The Morgan fingerprint density at radius 2 is 1.57 bits per heavy atom. The number of hydrogen-bond acceptors (Lipinski definition) is 19. The van der Waals surface area contributed by atoms with Crippen LogP contribution in [0.1, 0.15) is 46.2 Å². The number of carbonyl (C=O) groups excluding carboxylic acids is 3. The van der Waals surface area contributed by atoms with Gasteiger partial charge in [0.15, 0.2) is 10.7 Å². The van der Waals surface area contributed by atoms with Gasteiger partial charge in [-0.1, -0.05) is 25.1 Å². The summed E-state index contributed by atoms with van der Waals surface area (Å²) < 4.78 is 63.4.